The minimum Gasteiger partial charge on any atom is -0.490 e. The molecule has 4 rings (SSSR count). The van der Waals surface area contributed by atoms with E-state index in [4.69, 9.17) is 27.9 Å². The molecule has 2 heterocycles. The molecule has 0 amide bonds. The summed E-state index contributed by atoms with van der Waals surface area (Å²) in [5, 5.41) is 3.49. The third-order valence-electron chi connectivity index (χ3n) is 4.81. The van der Waals surface area contributed by atoms with E-state index in [0.717, 1.165) is 54.0 Å². The van der Waals surface area contributed by atoms with Crippen LogP contribution in [0.15, 0.2) is 54.9 Å². The van der Waals surface area contributed by atoms with Gasteiger partial charge in [-0.25, -0.2) is 0 Å². The molecule has 0 aliphatic carbocycles. The van der Waals surface area contributed by atoms with E-state index < -0.39 is 0 Å². The summed E-state index contributed by atoms with van der Waals surface area (Å²) in [6.45, 7) is 2.97. The molecule has 0 atom stereocenters. The smallest absolute Gasteiger partial charge is 0.121 e. The van der Waals surface area contributed by atoms with E-state index in [1.54, 1.807) is 12.4 Å². The number of piperidine rings is 1. The van der Waals surface area contributed by atoms with Crippen LogP contribution >= 0.6 is 35.6 Å². The highest BCUT2D eigenvalue weighted by atomic mass is 35.5. The minimum absolute atomic E-state index is 0. The molecule has 27 heavy (non-hydrogen) atoms. The van der Waals surface area contributed by atoms with Crippen molar-refractivity contribution in [1.29, 1.82) is 0 Å². The molecule has 0 unspecified atom stereocenters. The fourth-order valence-corrected chi connectivity index (χ4v) is 3.95. The monoisotopic (exact) mass is 422 g/mol. The molecule has 2 aromatic carbocycles. The zero-order chi connectivity index (χ0) is 17.9. The summed E-state index contributed by atoms with van der Waals surface area (Å²) in [6, 6.07) is 14.0. The second-order valence-corrected chi connectivity index (χ2v) is 7.57. The SMILES string of the molecule is Cl.Clc1cccc(CN2CCC(Oc3cc(Cl)c4cnccc4c3)CC2)c1. The van der Waals surface area contributed by atoms with Gasteiger partial charge in [-0.3, -0.25) is 9.88 Å². The lowest BCUT2D eigenvalue weighted by Crippen LogP contribution is -2.37. The van der Waals surface area contributed by atoms with Crippen LogP contribution in [-0.4, -0.2) is 29.1 Å². The molecule has 1 aliphatic heterocycles. The van der Waals surface area contributed by atoms with Crippen molar-refractivity contribution in [3.63, 3.8) is 0 Å². The Morgan fingerprint density at radius 2 is 1.89 bits per heavy atom. The molecular formula is C21H21Cl3N2O. The lowest BCUT2D eigenvalue weighted by Gasteiger charge is -2.32. The standard InChI is InChI=1S/C21H20Cl2N2O.ClH/c22-17-3-1-2-15(10-17)14-25-8-5-18(6-9-25)26-19-11-16-4-7-24-13-20(16)21(23)12-19;/h1-4,7,10-13,18H,5-6,8-9,14H2;1H. The summed E-state index contributed by atoms with van der Waals surface area (Å²) in [7, 11) is 0. The molecule has 6 heteroatoms. The van der Waals surface area contributed by atoms with Gasteiger partial charge in [0.25, 0.3) is 0 Å². The zero-order valence-electron chi connectivity index (χ0n) is 14.8. The Morgan fingerprint density at radius 1 is 1.07 bits per heavy atom. The van der Waals surface area contributed by atoms with Gasteiger partial charge in [-0.1, -0.05) is 35.3 Å². The topological polar surface area (TPSA) is 25.4 Å². The van der Waals surface area contributed by atoms with Crippen molar-refractivity contribution in [2.24, 2.45) is 0 Å². The molecule has 3 nitrogen and oxygen atoms in total. The third-order valence-corrected chi connectivity index (χ3v) is 5.36. The molecule has 3 aromatic rings. The number of ether oxygens (including phenoxy) is 1. The average Bonchev–Trinajstić information content (AvgIpc) is 2.64. The molecule has 1 saturated heterocycles. The van der Waals surface area contributed by atoms with Gasteiger partial charge in [0.05, 0.1) is 5.02 Å². The molecule has 0 spiro atoms. The predicted octanol–water partition coefficient (Wildman–Crippen LogP) is 6.01. The van der Waals surface area contributed by atoms with E-state index in [9.17, 15) is 0 Å². The van der Waals surface area contributed by atoms with Gasteiger partial charge in [-0.05, 0) is 54.1 Å². The van der Waals surface area contributed by atoms with E-state index in [0.29, 0.717) is 5.02 Å². The number of rotatable bonds is 4. The van der Waals surface area contributed by atoms with E-state index in [1.807, 2.05) is 36.4 Å². The number of benzene rings is 2. The molecule has 142 valence electrons. The Bertz CT molecular complexity index is 911. The van der Waals surface area contributed by atoms with Crippen molar-refractivity contribution in [3.05, 3.63) is 70.5 Å². The maximum absolute atomic E-state index is 6.37. The first kappa shape index (κ1) is 20.2. The zero-order valence-corrected chi connectivity index (χ0v) is 17.1. The number of nitrogens with zero attached hydrogens (tertiary/aromatic N) is 2. The van der Waals surface area contributed by atoms with Crippen LogP contribution in [0.3, 0.4) is 0 Å². The Labute approximate surface area is 175 Å². The van der Waals surface area contributed by atoms with Crippen LogP contribution in [0.25, 0.3) is 10.8 Å². The van der Waals surface area contributed by atoms with Crippen molar-refractivity contribution in [1.82, 2.24) is 9.88 Å². The fourth-order valence-electron chi connectivity index (χ4n) is 3.47. The van der Waals surface area contributed by atoms with E-state index in [-0.39, 0.29) is 18.5 Å². The molecule has 0 saturated carbocycles. The van der Waals surface area contributed by atoms with Gasteiger partial charge in [0.2, 0.25) is 0 Å². The van der Waals surface area contributed by atoms with Crippen LogP contribution in [0.4, 0.5) is 0 Å². The highest BCUT2D eigenvalue weighted by Gasteiger charge is 2.21. The van der Waals surface area contributed by atoms with Crippen LogP contribution in [0.1, 0.15) is 18.4 Å². The quantitative estimate of drug-likeness (QED) is 0.514. The molecule has 1 aromatic heterocycles. The average molecular weight is 424 g/mol. The van der Waals surface area contributed by atoms with Gasteiger partial charge in [-0.15, -0.1) is 12.4 Å². The Morgan fingerprint density at radius 3 is 2.67 bits per heavy atom. The van der Waals surface area contributed by atoms with Crippen LogP contribution in [0, 0.1) is 0 Å². The lowest BCUT2D eigenvalue weighted by atomic mass is 10.1. The largest absolute Gasteiger partial charge is 0.490 e. The van der Waals surface area contributed by atoms with Gasteiger partial charge in [0, 0.05) is 42.4 Å². The van der Waals surface area contributed by atoms with Crippen LogP contribution in [-0.2, 0) is 6.54 Å². The lowest BCUT2D eigenvalue weighted by molar-refractivity contribution is 0.0969. The number of halogens is 3. The highest BCUT2D eigenvalue weighted by Crippen LogP contribution is 2.30. The van der Waals surface area contributed by atoms with Crippen LogP contribution in [0.2, 0.25) is 10.0 Å². The summed E-state index contributed by atoms with van der Waals surface area (Å²) in [6.07, 6.45) is 5.80. The molecule has 0 radical (unpaired) electrons. The number of pyridine rings is 1. The summed E-state index contributed by atoms with van der Waals surface area (Å²) in [5.41, 5.74) is 1.26. The third kappa shape index (κ3) is 5.05. The van der Waals surface area contributed by atoms with Crippen LogP contribution in [0.5, 0.6) is 5.75 Å². The normalized spacial score (nSPS) is 15.5. The van der Waals surface area contributed by atoms with Crippen molar-refractivity contribution < 1.29 is 4.74 Å². The van der Waals surface area contributed by atoms with Gasteiger partial charge >= 0.3 is 0 Å². The summed E-state index contributed by atoms with van der Waals surface area (Å²) in [5.74, 6) is 0.835. The Kier molecular flexibility index (Phi) is 6.83. The predicted molar refractivity (Wildman–Crippen MR) is 114 cm³/mol. The first-order chi connectivity index (χ1) is 12.7. The highest BCUT2D eigenvalue weighted by molar-refractivity contribution is 6.35. The van der Waals surface area contributed by atoms with Crippen molar-refractivity contribution in [3.8, 4) is 5.75 Å². The van der Waals surface area contributed by atoms with Gasteiger partial charge in [0.1, 0.15) is 11.9 Å². The number of fused-ring (bicyclic) bond motifs is 1. The van der Waals surface area contributed by atoms with Gasteiger partial charge < -0.3 is 4.74 Å². The maximum atomic E-state index is 6.37. The van der Waals surface area contributed by atoms with Gasteiger partial charge in [0.15, 0.2) is 0 Å². The van der Waals surface area contributed by atoms with E-state index in [1.165, 1.54) is 5.56 Å². The van der Waals surface area contributed by atoms with Crippen molar-refractivity contribution in [2.45, 2.75) is 25.5 Å². The Hall–Kier alpha value is -1.52. The van der Waals surface area contributed by atoms with Crippen molar-refractivity contribution in [2.75, 3.05) is 13.1 Å². The maximum Gasteiger partial charge on any atom is 0.121 e. The second kappa shape index (κ2) is 9.11. The van der Waals surface area contributed by atoms with E-state index >= 15 is 0 Å². The molecule has 1 fully saturated rings. The fraction of sp³-hybridized carbons (Fsp3) is 0.286. The molecule has 0 bridgehead atoms. The summed E-state index contributed by atoms with van der Waals surface area (Å²) >= 11 is 12.4. The van der Waals surface area contributed by atoms with Crippen molar-refractivity contribution >= 4 is 46.4 Å². The van der Waals surface area contributed by atoms with E-state index in [2.05, 4.69) is 16.0 Å². The molecule has 0 N–H and O–H groups in total. The van der Waals surface area contributed by atoms with Gasteiger partial charge in [-0.2, -0.15) is 0 Å². The van der Waals surface area contributed by atoms with Crippen LogP contribution < -0.4 is 4.74 Å². The summed E-state index contributed by atoms with van der Waals surface area (Å²) < 4.78 is 6.21. The first-order valence-corrected chi connectivity index (χ1v) is 9.60. The molecular weight excluding hydrogens is 403 g/mol. The number of likely N-dealkylation sites (tertiary alicyclic amines) is 1. The first-order valence-electron chi connectivity index (χ1n) is 8.84. The number of aromatic nitrogens is 1. The second-order valence-electron chi connectivity index (χ2n) is 6.73. The number of hydrogen-bond donors (Lipinski definition) is 0. The Balaban J connectivity index is 0.00000210. The minimum atomic E-state index is 0. The summed E-state index contributed by atoms with van der Waals surface area (Å²) in [4.78, 5) is 6.58. The number of hydrogen-bond acceptors (Lipinski definition) is 3. The molecule has 1 aliphatic rings.